The number of piperidine rings is 1. The Morgan fingerprint density at radius 3 is 2.33 bits per heavy atom. The normalized spacial score (nSPS) is 32.5. The van der Waals surface area contributed by atoms with Crippen LogP contribution in [0.25, 0.3) is 0 Å². The molecule has 1 atom stereocenters. The number of nitrogens with one attached hydrogen (secondary N) is 1. The third kappa shape index (κ3) is 3.83. The Balaban J connectivity index is 1.81. The van der Waals surface area contributed by atoms with Crippen LogP contribution in [0.2, 0.25) is 0 Å². The molecule has 2 N–H and O–H groups in total. The Labute approximate surface area is 122 Å². The minimum absolute atomic E-state index is 0.110. The monoisotopic (exact) mass is 304 g/mol. The molecule has 5 nitrogen and oxygen atoms in total. The van der Waals surface area contributed by atoms with Crippen LogP contribution in [0.1, 0.15) is 39.0 Å². The molecule has 1 heterocycles. The van der Waals surface area contributed by atoms with Gasteiger partial charge in [-0.1, -0.05) is 6.92 Å². The molecule has 1 aliphatic heterocycles. The number of rotatable bonds is 2. The van der Waals surface area contributed by atoms with Gasteiger partial charge in [-0.15, -0.1) is 0 Å². The lowest BCUT2D eigenvalue weighted by Gasteiger charge is -2.38. The van der Waals surface area contributed by atoms with E-state index in [4.69, 9.17) is 5.11 Å². The average molecular weight is 304 g/mol. The van der Waals surface area contributed by atoms with E-state index in [0.717, 1.165) is 0 Å². The summed E-state index contributed by atoms with van der Waals surface area (Å²) < 4.78 is 27.3. The summed E-state index contributed by atoms with van der Waals surface area (Å²) in [6.45, 7) is 1.31. The predicted molar refractivity (Wildman–Crippen MR) is 72.2 cm³/mol. The lowest BCUT2D eigenvalue weighted by Crippen LogP contribution is -2.54. The van der Waals surface area contributed by atoms with E-state index in [1.54, 1.807) is 0 Å². The third-order valence-electron chi connectivity index (χ3n) is 4.65. The van der Waals surface area contributed by atoms with Crippen molar-refractivity contribution >= 4 is 12.0 Å². The number of aliphatic carboxylic acids is 1. The highest BCUT2D eigenvalue weighted by molar-refractivity contribution is 5.75. The van der Waals surface area contributed by atoms with Gasteiger partial charge in [0.05, 0.1) is 12.5 Å². The summed E-state index contributed by atoms with van der Waals surface area (Å²) in [6, 6.07) is -0.568. The lowest BCUT2D eigenvalue weighted by atomic mass is 9.86. The molecule has 1 aliphatic carbocycles. The molecule has 2 rings (SSSR count). The van der Waals surface area contributed by atoms with E-state index in [9.17, 15) is 18.4 Å². The van der Waals surface area contributed by atoms with Gasteiger partial charge in [-0.05, 0) is 32.1 Å². The van der Waals surface area contributed by atoms with Crippen molar-refractivity contribution in [2.75, 3.05) is 13.1 Å². The van der Waals surface area contributed by atoms with E-state index in [1.807, 2.05) is 0 Å². The van der Waals surface area contributed by atoms with Crippen molar-refractivity contribution in [3.8, 4) is 0 Å². The molecule has 21 heavy (non-hydrogen) atoms. The number of hydrogen-bond acceptors (Lipinski definition) is 2. The molecular weight excluding hydrogens is 282 g/mol. The number of likely N-dealkylation sites (tertiary alicyclic amines) is 1. The van der Waals surface area contributed by atoms with E-state index in [1.165, 1.54) is 11.8 Å². The van der Waals surface area contributed by atoms with Crippen molar-refractivity contribution in [3.05, 3.63) is 0 Å². The minimum atomic E-state index is -2.84. The number of amides is 2. The van der Waals surface area contributed by atoms with Gasteiger partial charge in [-0.3, -0.25) is 4.79 Å². The van der Waals surface area contributed by atoms with Crippen LogP contribution in [0.15, 0.2) is 0 Å². The topological polar surface area (TPSA) is 69.6 Å². The first kappa shape index (κ1) is 16.0. The lowest BCUT2D eigenvalue weighted by molar-refractivity contribution is -0.142. The second kappa shape index (κ2) is 6.15. The quantitative estimate of drug-likeness (QED) is 0.822. The van der Waals surface area contributed by atoms with Crippen molar-refractivity contribution in [2.45, 2.75) is 51.0 Å². The maximum absolute atomic E-state index is 13.6. The fraction of sp³-hybridized carbons (Fsp3) is 0.857. The van der Waals surface area contributed by atoms with Crippen LogP contribution < -0.4 is 5.32 Å². The number of carboxylic acids is 1. The first-order valence-corrected chi connectivity index (χ1v) is 7.45. The summed E-state index contributed by atoms with van der Waals surface area (Å²) in [5.74, 6) is -4.69. The molecule has 2 fully saturated rings. The summed E-state index contributed by atoms with van der Waals surface area (Å²) in [7, 11) is 0. The Morgan fingerprint density at radius 1 is 1.19 bits per heavy atom. The number of urea groups is 1. The minimum Gasteiger partial charge on any atom is -0.481 e. The van der Waals surface area contributed by atoms with E-state index in [0.29, 0.717) is 38.6 Å². The van der Waals surface area contributed by atoms with Gasteiger partial charge in [0, 0.05) is 18.5 Å². The van der Waals surface area contributed by atoms with E-state index in [-0.39, 0.29) is 12.0 Å². The molecule has 1 saturated carbocycles. The maximum atomic E-state index is 13.6. The number of carboxylic acid groups (broad SMARTS) is 1. The first-order chi connectivity index (χ1) is 9.79. The largest absolute Gasteiger partial charge is 0.481 e. The highest BCUT2D eigenvalue weighted by Crippen LogP contribution is 2.32. The number of alkyl halides is 2. The molecule has 2 amide bonds. The molecule has 120 valence electrons. The molecule has 7 heteroatoms. The van der Waals surface area contributed by atoms with E-state index >= 15 is 0 Å². The second-order valence-electron chi connectivity index (χ2n) is 6.21. The summed E-state index contributed by atoms with van der Waals surface area (Å²) in [4.78, 5) is 24.1. The molecule has 0 aromatic carbocycles. The molecule has 0 spiro atoms. The Bertz CT molecular complexity index is 409. The van der Waals surface area contributed by atoms with Crippen LogP contribution in [0.3, 0.4) is 0 Å². The zero-order valence-electron chi connectivity index (χ0n) is 12.1. The van der Waals surface area contributed by atoms with Gasteiger partial charge in [0.15, 0.2) is 0 Å². The summed E-state index contributed by atoms with van der Waals surface area (Å²) >= 11 is 0. The number of nitrogens with zero attached hydrogens (tertiary/aromatic N) is 1. The zero-order chi connectivity index (χ0) is 15.6. The molecular formula is C14H22F2N2O3. The van der Waals surface area contributed by atoms with Gasteiger partial charge >= 0.3 is 12.0 Å². The van der Waals surface area contributed by atoms with Crippen LogP contribution >= 0.6 is 0 Å². The highest BCUT2D eigenvalue weighted by atomic mass is 19.3. The molecule has 1 unspecified atom stereocenters. The number of halogens is 2. The van der Waals surface area contributed by atoms with Crippen molar-refractivity contribution in [1.82, 2.24) is 10.2 Å². The van der Waals surface area contributed by atoms with Crippen LogP contribution in [-0.2, 0) is 4.79 Å². The van der Waals surface area contributed by atoms with Crippen molar-refractivity contribution in [2.24, 2.45) is 11.8 Å². The summed E-state index contributed by atoms with van der Waals surface area (Å²) in [5.41, 5.74) is 0. The standard InChI is InChI=1S/C14H22F2N2O3/c1-9-6-7-18(8-14(9,15)16)13(21)17-11-4-2-10(3-5-11)12(19)20/h9-11H,2-8H2,1H3,(H,17,21)(H,19,20). The Morgan fingerprint density at radius 2 is 1.81 bits per heavy atom. The number of hydrogen-bond donors (Lipinski definition) is 2. The van der Waals surface area contributed by atoms with Crippen LogP contribution in [-0.4, -0.2) is 47.1 Å². The zero-order valence-corrected chi connectivity index (χ0v) is 12.1. The van der Waals surface area contributed by atoms with Crippen molar-refractivity contribution < 1.29 is 23.5 Å². The number of carbonyl (C=O) groups excluding carboxylic acids is 1. The molecule has 2 aliphatic rings. The van der Waals surface area contributed by atoms with Gasteiger partial charge in [-0.2, -0.15) is 0 Å². The molecule has 0 bridgehead atoms. The van der Waals surface area contributed by atoms with Gasteiger partial charge < -0.3 is 15.3 Å². The van der Waals surface area contributed by atoms with Gasteiger partial charge in [0.25, 0.3) is 5.92 Å². The molecule has 0 aromatic rings. The molecule has 0 radical (unpaired) electrons. The highest BCUT2D eigenvalue weighted by Gasteiger charge is 2.43. The van der Waals surface area contributed by atoms with Crippen LogP contribution in [0.5, 0.6) is 0 Å². The number of carbonyl (C=O) groups is 2. The second-order valence-corrected chi connectivity index (χ2v) is 6.21. The Kier molecular flexibility index (Phi) is 4.68. The van der Waals surface area contributed by atoms with E-state index < -0.39 is 30.4 Å². The third-order valence-corrected chi connectivity index (χ3v) is 4.65. The fourth-order valence-corrected chi connectivity index (χ4v) is 2.97. The average Bonchev–Trinajstić information content (AvgIpc) is 2.42. The predicted octanol–water partition coefficient (Wildman–Crippen LogP) is 2.32. The molecule has 1 saturated heterocycles. The van der Waals surface area contributed by atoms with Crippen molar-refractivity contribution in [3.63, 3.8) is 0 Å². The smallest absolute Gasteiger partial charge is 0.317 e. The molecule has 0 aromatic heterocycles. The fourth-order valence-electron chi connectivity index (χ4n) is 2.97. The van der Waals surface area contributed by atoms with Crippen LogP contribution in [0.4, 0.5) is 13.6 Å². The van der Waals surface area contributed by atoms with Gasteiger partial charge in [0.2, 0.25) is 0 Å². The Hall–Kier alpha value is -1.40. The first-order valence-electron chi connectivity index (χ1n) is 7.45. The maximum Gasteiger partial charge on any atom is 0.317 e. The van der Waals surface area contributed by atoms with E-state index in [2.05, 4.69) is 5.32 Å². The summed E-state index contributed by atoms with van der Waals surface area (Å²) in [5, 5.41) is 11.7. The SMILES string of the molecule is CC1CCN(C(=O)NC2CCC(C(=O)O)CC2)CC1(F)F. The van der Waals surface area contributed by atoms with Crippen LogP contribution in [0, 0.1) is 11.8 Å². The summed E-state index contributed by atoms with van der Waals surface area (Å²) in [6.07, 6.45) is 2.51. The van der Waals surface area contributed by atoms with Gasteiger partial charge in [0.1, 0.15) is 0 Å². The van der Waals surface area contributed by atoms with Gasteiger partial charge in [-0.25, -0.2) is 13.6 Å². The van der Waals surface area contributed by atoms with Crippen molar-refractivity contribution in [1.29, 1.82) is 0 Å².